The van der Waals surface area contributed by atoms with Crippen molar-refractivity contribution in [1.82, 2.24) is 0 Å². The first-order valence-electron chi connectivity index (χ1n) is 7.90. The van der Waals surface area contributed by atoms with Crippen molar-refractivity contribution >= 4 is 11.9 Å². The van der Waals surface area contributed by atoms with E-state index in [0.29, 0.717) is 0 Å². The molecule has 0 saturated heterocycles. The summed E-state index contributed by atoms with van der Waals surface area (Å²) in [7, 11) is 0. The van der Waals surface area contributed by atoms with Gasteiger partial charge in [0.1, 0.15) is 6.10 Å². The van der Waals surface area contributed by atoms with E-state index < -0.39 is 18.0 Å². The summed E-state index contributed by atoms with van der Waals surface area (Å²) in [6, 6.07) is 0. The average Bonchev–Trinajstić information content (AvgIpc) is 2.56. The Balaban J connectivity index is -0.000000363. The van der Waals surface area contributed by atoms with Crippen LogP contribution in [0.5, 0.6) is 0 Å². The highest BCUT2D eigenvalue weighted by Crippen LogP contribution is 2.08. The molecule has 0 bridgehead atoms. The highest BCUT2D eigenvalue weighted by Gasteiger charge is 1.98. The molecule has 9 nitrogen and oxygen atoms in total. The summed E-state index contributed by atoms with van der Waals surface area (Å²) < 4.78 is 0. The topological polar surface area (TPSA) is 176 Å². The molecule has 0 amide bonds. The summed E-state index contributed by atoms with van der Waals surface area (Å²) in [6.45, 7) is -0.979. The van der Waals surface area contributed by atoms with Crippen LogP contribution in [-0.2, 0) is 9.59 Å². The number of aliphatic hydroxyl groups is 5. The standard InChI is InChI=1S/C10H18O4.C3H8O3.C2H6O2/c11-9(12)7-5-3-1-2-4-6-8-10(13)14;4-1-3(6)2-5;3-1-2-4/h1-8H2,(H,11,12)(H,13,14);3-6H,1-2H2;3-4H,1-2H2. The van der Waals surface area contributed by atoms with E-state index in [0.717, 1.165) is 38.5 Å². The largest absolute Gasteiger partial charge is 0.481 e. The van der Waals surface area contributed by atoms with E-state index >= 15 is 0 Å². The molecular weight excluding hydrogens is 324 g/mol. The molecule has 7 N–H and O–H groups in total. The zero-order chi connectivity index (χ0) is 19.2. The predicted molar refractivity (Wildman–Crippen MR) is 86.6 cm³/mol. The molecule has 0 aromatic heterocycles. The second-order valence-corrected chi connectivity index (χ2v) is 4.87. The first kappa shape index (κ1) is 27.6. The lowest BCUT2D eigenvalue weighted by molar-refractivity contribution is -0.138. The number of carboxylic acids is 2. The lowest BCUT2D eigenvalue weighted by Crippen LogP contribution is -2.15. The third kappa shape index (κ3) is 37.2. The van der Waals surface area contributed by atoms with Crippen molar-refractivity contribution in [3.05, 3.63) is 0 Å². The number of hydrogen-bond donors (Lipinski definition) is 7. The summed E-state index contributed by atoms with van der Waals surface area (Å²) in [5.41, 5.74) is 0. The maximum absolute atomic E-state index is 10.1. The van der Waals surface area contributed by atoms with E-state index in [2.05, 4.69) is 0 Å². The Labute approximate surface area is 142 Å². The summed E-state index contributed by atoms with van der Waals surface area (Å²) in [5, 5.41) is 56.0. The zero-order valence-electron chi connectivity index (χ0n) is 14.0. The van der Waals surface area contributed by atoms with Crippen LogP contribution in [0.1, 0.15) is 51.4 Å². The molecule has 0 unspecified atom stereocenters. The molecule has 0 aromatic carbocycles. The van der Waals surface area contributed by atoms with Crippen molar-refractivity contribution in [2.24, 2.45) is 0 Å². The van der Waals surface area contributed by atoms with E-state index in [1.54, 1.807) is 0 Å². The normalized spacial score (nSPS) is 9.58. The fourth-order valence-electron chi connectivity index (χ4n) is 1.32. The molecule has 9 heteroatoms. The van der Waals surface area contributed by atoms with Crippen molar-refractivity contribution in [3.8, 4) is 0 Å². The Morgan fingerprint density at radius 3 is 1.08 bits per heavy atom. The van der Waals surface area contributed by atoms with E-state index in [-0.39, 0.29) is 39.3 Å². The fourth-order valence-corrected chi connectivity index (χ4v) is 1.32. The van der Waals surface area contributed by atoms with Gasteiger partial charge in [-0.1, -0.05) is 25.7 Å². The Hall–Kier alpha value is -1.26. The number of aliphatic carboxylic acids is 2. The quantitative estimate of drug-likeness (QED) is 0.229. The maximum Gasteiger partial charge on any atom is 0.303 e. The Kier molecular flexibility index (Phi) is 27.6. The van der Waals surface area contributed by atoms with Crippen LogP contribution in [0.2, 0.25) is 0 Å². The molecule has 0 aliphatic carbocycles. The summed E-state index contributed by atoms with van der Waals surface area (Å²) in [4.78, 5) is 20.3. The van der Waals surface area contributed by atoms with Gasteiger partial charge in [0.25, 0.3) is 0 Å². The van der Waals surface area contributed by atoms with E-state index in [1.165, 1.54) is 0 Å². The molecular formula is C15H32O9. The van der Waals surface area contributed by atoms with Gasteiger partial charge in [0.2, 0.25) is 0 Å². The van der Waals surface area contributed by atoms with Gasteiger partial charge in [-0.25, -0.2) is 0 Å². The molecule has 0 rings (SSSR count). The van der Waals surface area contributed by atoms with Crippen LogP contribution in [-0.4, -0.2) is 80.2 Å². The molecule has 0 saturated carbocycles. The SMILES string of the molecule is O=C(O)CCCCCCCCC(=O)O.OCC(O)CO.OCCO. The van der Waals surface area contributed by atoms with Gasteiger partial charge in [-0.2, -0.15) is 0 Å². The van der Waals surface area contributed by atoms with E-state index in [1.807, 2.05) is 0 Å². The summed E-state index contributed by atoms with van der Waals surface area (Å²) >= 11 is 0. The number of carbonyl (C=O) groups is 2. The number of rotatable bonds is 12. The molecule has 0 aromatic rings. The molecule has 0 spiro atoms. The minimum atomic E-state index is -0.954. The van der Waals surface area contributed by atoms with Crippen LogP contribution < -0.4 is 0 Å². The summed E-state index contributed by atoms with van der Waals surface area (Å²) in [6.07, 6.45) is 4.87. The molecule has 0 heterocycles. The van der Waals surface area contributed by atoms with Gasteiger partial charge in [-0.05, 0) is 12.8 Å². The average molecular weight is 356 g/mol. The number of hydrogen-bond acceptors (Lipinski definition) is 7. The minimum absolute atomic E-state index is 0.125. The third-order valence-electron chi connectivity index (χ3n) is 2.55. The van der Waals surface area contributed by atoms with Gasteiger partial charge < -0.3 is 35.7 Å². The number of unbranched alkanes of at least 4 members (excludes halogenated alkanes) is 5. The van der Waals surface area contributed by atoms with E-state index in [9.17, 15) is 9.59 Å². The van der Waals surface area contributed by atoms with Crippen LogP contribution in [0.3, 0.4) is 0 Å². The van der Waals surface area contributed by atoms with Gasteiger partial charge in [0, 0.05) is 12.8 Å². The molecule has 0 radical (unpaired) electrons. The van der Waals surface area contributed by atoms with Gasteiger partial charge in [-0.15, -0.1) is 0 Å². The maximum atomic E-state index is 10.1. The van der Waals surface area contributed by atoms with Crippen molar-refractivity contribution in [2.75, 3.05) is 26.4 Å². The van der Waals surface area contributed by atoms with Gasteiger partial charge in [-0.3, -0.25) is 9.59 Å². The van der Waals surface area contributed by atoms with Crippen molar-refractivity contribution in [2.45, 2.75) is 57.5 Å². The van der Waals surface area contributed by atoms with Gasteiger partial charge >= 0.3 is 11.9 Å². The van der Waals surface area contributed by atoms with Crippen LogP contribution in [0.15, 0.2) is 0 Å². The number of aliphatic hydroxyl groups excluding tert-OH is 5. The summed E-state index contributed by atoms with van der Waals surface area (Å²) in [5.74, 6) is -1.48. The smallest absolute Gasteiger partial charge is 0.303 e. The highest BCUT2D eigenvalue weighted by molar-refractivity contribution is 5.66. The van der Waals surface area contributed by atoms with Gasteiger partial charge in [0.15, 0.2) is 0 Å². The van der Waals surface area contributed by atoms with Crippen LogP contribution in [0.4, 0.5) is 0 Å². The molecule has 0 fully saturated rings. The van der Waals surface area contributed by atoms with Crippen LogP contribution in [0, 0.1) is 0 Å². The van der Waals surface area contributed by atoms with Crippen LogP contribution in [0.25, 0.3) is 0 Å². The minimum Gasteiger partial charge on any atom is -0.481 e. The van der Waals surface area contributed by atoms with Crippen molar-refractivity contribution in [1.29, 1.82) is 0 Å². The molecule has 0 atom stereocenters. The second kappa shape index (κ2) is 24.0. The van der Waals surface area contributed by atoms with Gasteiger partial charge in [0.05, 0.1) is 26.4 Å². The predicted octanol–water partition coefficient (Wildman–Crippen LogP) is -0.421. The Morgan fingerprint density at radius 1 is 0.625 bits per heavy atom. The van der Waals surface area contributed by atoms with Crippen LogP contribution >= 0.6 is 0 Å². The van der Waals surface area contributed by atoms with Crippen molar-refractivity contribution < 1.29 is 45.3 Å². The molecule has 146 valence electrons. The zero-order valence-corrected chi connectivity index (χ0v) is 14.0. The first-order chi connectivity index (χ1) is 11.3. The lowest BCUT2D eigenvalue weighted by Gasteiger charge is -1.98. The second-order valence-electron chi connectivity index (χ2n) is 4.87. The molecule has 0 aliphatic rings. The third-order valence-corrected chi connectivity index (χ3v) is 2.55. The first-order valence-corrected chi connectivity index (χ1v) is 7.90. The highest BCUT2D eigenvalue weighted by atomic mass is 16.4. The molecule has 24 heavy (non-hydrogen) atoms. The monoisotopic (exact) mass is 356 g/mol. The Bertz CT molecular complexity index is 246. The van der Waals surface area contributed by atoms with E-state index in [4.69, 9.17) is 35.7 Å². The lowest BCUT2D eigenvalue weighted by atomic mass is 10.1. The molecule has 0 aliphatic heterocycles. The van der Waals surface area contributed by atoms with Crippen molar-refractivity contribution in [3.63, 3.8) is 0 Å². The number of carboxylic acid groups (broad SMARTS) is 2. The fraction of sp³-hybridized carbons (Fsp3) is 0.867. The Morgan fingerprint density at radius 2 is 0.917 bits per heavy atom.